The van der Waals surface area contributed by atoms with Gasteiger partial charge in [-0.15, -0.1) is 0 Å². The van der Waals surface area contributed by atoms with E-state index in [2.05, 4.69) is 5.32 Å². The number of halogens is 1. The first-order valence-corrected chi connectivity index (χ1v) is 5.78. The average Bonchev–Trinajstić information content (AvgIpc) is 2.30. The summed E-state index contributed by atoms with van der Waals surface area (Å²) in [4.78, 5) is 10.7. The molecular formula is C12H18FN3O3. The Balaban J connectivity index is 2.85. The van der Waals surface area contributed by atoms with Gasteiger partial charge in [-0.1, -0.05) is 0 Å². The van der Waals surface area contributed by atoms with Gasteiger partial charge in [0, 0.05) is 18.7 Å². The van der Waals surface area contributed by atoms with Gasteiger partial charge in [0.2, 0.25) is 5.91 Å². The molecule has 0 spiro atoms. The summed E-state index contributed by atoms with van der Waals surface area (Å²) >= 11 is 0. The third-order valence-electron chi connectivity index (χ3n) is 2.28. The zero-order valence-corrected chi connectivity index (χ0v) is 10.8. The summed E-state index contributed by atoms with van der Waals surface area (Å²) in [5.74, 6) is -1.39. The summed E-state index contributed by atoms with van der Waals surface area (Å²) in [6.07, 6.45) is -1.54. The fourth-order valence-electron chi connectivity index (χ4n) is 1.37. The molecule has 106 valence electrons. The zero-order valence-electron chi connectivity index (χ0n) is 10.8. The number of ether oxygens (including phenoxy) is 1. The third kappa shape index (κ3) is 4.29. The molecule has 0 radical (unpaired) electrons. The van der Waals surface area contributed by atoms with E-state index in [9.17, 15) is 14.3 Å². The number of carbonyl (C=O) groups excluding carboxylic acids is 1. The van der Waals surface area contributed by atoms with Crippen LogP contribution in [0.25, 0.3) is 0 Å². The van der Waals surface area contributed by atoms with Gasteiger partial charge in [-0.2, -0.15) is 0 Å². The van der Waals surface area contributed by atoms with Gasteiger partial charge in [-0.05, 0) is 13.8 Å². The maximum absolute atomic E-state index is 13.6. The van der Waals surface area contributed by atoms with Crippen molar-refractivity contribution < 1.29 is 19.0 Å². The number of benzene rings is 1. The van der Waals surface area contributed by atoms with Crippen molar-refractivity contribution in [1.82, 2.24) is 0 Å². The molecule has 0 saturated heterocycles. The summed E-state index contributed by atoms with van der Waals surface area (Å²) in [5, 5.41) is 12.0. The van der Waals surface area contributed by atoms with Crippen LogP contribution in [0, 0.1) is 5.82 Å². The quantitative estimate of drug-likeness (QED) is 0.561. The van der Waals surface area contributed by atoms with E-state index in [1.807, 2.05) is 0 Å². The Morgan fingerprint density at radius 2 is 2.16 bits per heavy atom. The second-order valence-electron chi connectivity index (χ2n) is 4.34. The number of aliphatic hydroxyl groups excluding tert-OH is 1. The van der Waals surface area contributed by atoms with Gasteiger partial charge >= 0.3 is 0 Å². The number of hydrogen-bond acceptors (Lipinski definition) is 5. The lowest BCUT2D eigenvalue weighted by Gasteiger charge is -2.16. The zero-order chi connectivity index (χ0) is 14.6. The van der Waals surface area contributed by atoms with Crippen molar-refractivity contribution in [2.24, 2.45) is 5.73 Å². The molecule has 0 aliphatic carbocycles. The van der Waals surface area contributed by atoms with Crippen LogP contribution in [0.5, 0.6) is 5.75 Å². The highest BCUT2D eigenvalue weighted by Gasteiger charge is 2.14. The number of anilines is 2. The minimum absolute atomic E-state index is 0.0419. The molecule has 0 saturated carbocycles. The molecule has 0 fully saturated rings. The number of primary amides is 1. The highest BCUT2D eigenvalue weighted by atomic mass is 19.1. The highest BCUT2D eigenvalue weighted by Crippen LogP contribution is 2.28. The predicted molar refractivity (Wildman–Crippen MR) is 70.3 cm³/mol. The third-order valence-corrected chi connectivity index (χ3v) is 2.28. The fourth-order valence-corrected chi connectivity index (χ4v) is 1.37. The van der Waals surface area contributed by atoms with Gasteiger partial charge in [-0.3, -0.25) is 4.79 Å². The Bertz CT molecular complexity index is 466. The van der Waals surface area contributed by atoms with Crippen LogP contribution >= 0.6 is 0 Å². The van der Waals surface area contributed by atoms with Gasteiger partial charge in [0.25, 0.3) is 0 Å². The SMILES string of the molecule is CC(C)Oc1cc(NCC(O)C(N)=O)c(N)cc1F. The molecular weight excluding hydrogens is 253 g/mol. The average molecular weight is 271 g/mol. The molecule has 19 heavy (non-hydrogen) atoms. The van der Waals surface area contributed by atoms with E-state index in [1.165, 1.54) is 6.07 Å². The van der Waals surface area contributed by atoms with E-state index in [0.29, 0.717) is 5.69 Å². The molecule has 0 aliphatic rings. The smallest absolute Gasteiger partial charge is 0.248 e. The van der Waals surface area contributed by atoms with E-state index in [4.69, 9.17) is 16.2 Å². The molecule has 1 unspecified atom stereocenters. The van der Waals surface area contributed by atoms with Gasteiger partial charge in [-0.25, -0.2) is 4.39 Å². The molecule has 0 heterocycles. The number of nitrogens with one attached hydrogen (secondary N) is 1. The van der Waals surface area contributed by atoms with Crippen molar-refractivity contribution in [1.29, 1.82) is 0 Å². The predicted octanol–water partition coefficient (Wildman–Crippen LogP) is 0.453. The van der Waals surface area contributed by atoms with Crippen molar-refractivity contribution in [2.75, 3.05) is 17.6 Å². The lowest BCUT2D eigenvalue weighted by Crippen LogP contribution is -2.34. The van der Waals surface area contributed by atoms with Crippen LogP contribution in [0.4, 0.5) is 15.8 Å². The van der Waals surface area contributed by atoms with Crippen LogP contribution in [-0.2, 0) is 4.79 Å². The van der Waals surface area contributed by atoms with E-state index in [-0.39, 0.29) is 24.1 Å². The van der Waals surface area contributed by atoms with E-state index >= 15 is 0 Å². The molecule has 1 rings (SSSR count). The van der Waals surface area contributed by atoms with E-state index < -0.39 is 17.8 Å². The Labute approximate surface area is 110 Å². The minimum atomic E-state index is -1.35. The van der Waals surface area contributed by atoms with Crippen molar-refractivity contribution in [3.63, 3.8) is 0 Å². The van der Waals surface area contributed by atoms with E-state index in [0.717, 1.165) is 6.07 Å². The van der Waals surface area contributed by atoms with Crippen LogP contribution in [0.15, 0.2) is 12.1 Å². The second-order valence-corrected chi connectivity index (χ2v) is 4.34. The Morgan fingerprint density at radius 1 is 1.53 bits per heavy atom. The van der Waals surface area contributed by atoms with Gasteiger partial charge in [0.05, 0.1) is 17.5 Å². The van der Waals surface area contributed by atoms with Crippen LogP contribution in [0.1, 0.15) is 13.8 Å². The first-order valence-electron chi connectivity index (χ1n) is 5.78. The number of rotatable bonds is 6. The maximum atomic E-state index is 13.6. The molecule has 0 bridgehead atoms. The highest BCUT2D eigenvalue weighted by molar-refractivity contribution is 5.79. The number of carbonyl (C=O) groups is 1. The monoisotopic (exact) mass is 271 g/mol. The van der Waals surface area contributed by atoms with Crippen molar-refractivity contribution in [3.8, 4) is 5.75 Å². The van der Waals surface area contributed by atoms with Gasteiger partial charge in [0.1, 0.15) is 6.10 Å². The lowest BCUT2D eigenvalue weighted by molar-refractivity contribution is -0.125. The lowest BCUT2D eigenvalue weighted by atomic mass is 10.2. The maximum Gasteiger partial charge on any atom is 0.248 e. The fraction of sp³-hybridized carbons (Fsp3) is 0.417. The molecule has 6 nitrogen and oxygen atoms in total. The van der Waals surface area contributed by atoms with Crippen LogP contribution in [0.2, 0.25) is 0 Å². The molecule has 1 amide bonds. The summed E-state index contributed by atoms with van der Waals surface area (Å²) < 4.78 is 18.8. The molecule has 1 aromatic carbocycles. The molecule has 6 N–H and O–H groups in total. The molecule has 1 aromatic rings. The molecule has 7 heteroatoms. The van der Waals surface area contributed by atoms with Gasteiger partial charge < -0.3 is 26.6 Å². The molecule has 1 atom stereocenters. The Kier molecular flexibility index (Phi) is 4.94. The van der Waals surface area contributed by atoms with Crippen LogP contribution < -0.4 is 21.5 Å². The number of amides is 1. The number of hydrogen-bond donors (Lipinski definition) is 4. The molecule has 0 aromatic heterocycles. The normalized spacial score (nSPS) is 12.3. The molecule has 0 aliphatic heterocycles. The second kappa shape index (κ2) is 6.24. The summed E-state index contributed by atoms with van der Waals surface area (Å²) in [5.41, 5.74) is 11.0. The topological polar surface area (TPSA) is 111 Å². The minimum Gasteiger partial charge on any atom is -0.488 e. The summed E-state index contributed by atoms with van der Waals surface area (Å²) in [6, 6.07) is 2.48. The van der Waals surface area contributed by atoms with Crippen LogP contribution in [0.3, 0.4) is 0 Å². The number of nitrogens with two attached hydrogens (primary N) is 2. The first-order chi connectivity index (χ1) is 8.81. The number of aliphatic hydroxyl groups is 1. The van der Waals surface area contributed by atoms with Crippen molar-refractivity contribution in [3.05, 3.63) is 17.9 Å². The van der Waals surface area contributed by atoms with Gasteiger partial charge in [0.15, 0.2) is 11.6 Å². The summed E-state index contributed by atoms with van der Waals surface area (Å²) in [6.45, 7) is 3.41. The number of nitrogen functional groups attached to an aromatic ring is 1. The standard InChI is InChI=1S/C12H18FN3O3/c1-6(2)19-11-4-9(8(14)3-7(11)13)16-5-10(17)12(15)18/h3-4,6,10,16-17H,5,14H2,1-2H3,(H2,15,18). The Morgan fingerprint density at radius 3 is 2.68 bits per heavy atom. The van der Waals surface area contributed by atoms with Crippen molar-refractivity contribution >= 4 is 17.3 Å². The van der Waals surface area contributed by atoms with E-state index in [1.54, 1.807) is 13.8 Å². The van der Waals surface area contributed by atoms with Crippen LogP contribution in [-0.4, -0.2) is 29.8 Å². The largest absolute Gasteiger partial charge is 0.488 e. The van der Waals surface area contributed by atoms with Crippen molar-refractivity contribution in [2.45, 2.75) is 26.1 Å². The summed E-state index contributed by atoms with van der Waals surface area (Å²) in [7, 11) is 0. The first kappa shape index (κ1) is 15.0. The Hall–Kier alpha value is -2.02.